The fourth-order valence-electron chi connectivity index (χ4n) is 2.15. The van der Waals surface area contributed by atoms with Gasteiger partial charge in [-0.05, 0) is 59.8 Å². The van der Waals surface area contributed by atoms with Crippen molar-refractivity contribution >= 4 is 15.9 Å². The zero-order valence-electron chi connectivity index (χ0n) is 10.4. The molecular weight excluding hydrogens is 266 g/mol. The lowest BCUT2D eigenvalue weighted by Gasteiger charge is -2.20. The summed E-state index contributed by atoms with van der Waals surface area (Å²) < 4.78 is 6.57. The van der Waals surface area contributed by atoms with Crippen LogP contribution >= 0.6 is 15.9 Å². The average Bonchev–Trinajstić information content (AvgIpc) is 2.23. The molecule has 2 nitrogen and oxygen atoms in total. The van der Waals surface area contributed by atoms with E-state index in [2.05, 4.69) is 42.8 Å². The predicted octanol–water partition coefficient (Wildman–Crippen LogP) is 3.53. The quantitative estimate of drug-likeness (QED) is 0.919. The third-order valence-corrected chi connectivity index (χ3v) is 3.93. The monoisotopic (exact) mass is 285 g/mol. The molecule has 0 aromatic heterocycles. The first kappa shape index (κ1) is 13.5. The zero-order chi connectivity index (χ0) is 12.3. The van der Waals surface area contributed by atoms with Crippen molar-refractivity contribution in [2.24, 2.45) is 5.73 Å². The minimum Gasteiger partial charge on any atom is -0.495 e. The van der Waals surface area contributed by atoms with Crippen LogP contribution in [-0.4, -0.2) is 13.7 Å². The lowest BCUT2D eigenvalue weighted by Crippen LogP contribution is -2.08. The number of aryl methyl sites for hydroxylation is 2. The number of methoxy groups -OCH3 is 1. The second-order valence-electron chi connectivity index (χ2n) is 4.25. The molecule has 0 aliphatic rings. The zero-order valence-corrected chi connectivity index (χ0v) is 12.0. The highest BCUT2D eigenvalue weighted by Gasteiger charge is 2.18. The Morgan fingerprint density at radius 2 is 2.00 bits per heavy atom. The summed E-state index contributed by atoms with van der Waals surface area (Å²) in [6, 6.07) is 2.19. The number of hydrogen-bond donors (Lipinski definition) is 1. The van der Waals surface area contributed by atoms with Gasteiger partial charge in [-0.3, -0.25) is 0 Å². The van der Waals surface area contributed by atoms with Gasteiger partial charge in [0.05, 0.1) is 11.6 Å². The molecule has 0 radical (unpaired) electrons. The molecule has 0 heterocycles. The van der Waals surface area contributed by atoms with Crippen molar-refractivity contribution in [2.75, 3.05) is 13.7 Å². The fourth-order valence-corrected chi connectivity index (χ4v) is 2.64. The summed E-state index contributed by atoms with van der Waals surface area (Å²) in [4.78, 5) is 0. The molecule has 0 bridgehead atoms. The van der Waals surface area contributed by atoms with Crippen LogP contribution in [0.2, 0.25) is 0 Å². The summed E-state index contributed by atoms with van der Waals surface area (Å²) in [6.45, 7) is 7.11. The van der Waals surface area contributed by atoms with E-state index in [1.54, 1.807) is 7.11 Å². The number of ether oxygens (including phenoxy) is 1. The van der Waals surface area contributed by atoms with Crippen molar-refractivity contribution in [2.45, 2.75) is 33.1 Å². The van der Waals surface area contributed by atoms with Crippen molar-refractivity contribution in [3.63, 3.8) is 0 Å². The normalized spacial score (nSPS) is 12.6. The summed E-state index contributed by atoms with van der Waals surface area (Å²) in [6.07, 6.45) is 0.979. The van der Waals surface area contributed by atoms with E-state index in [0.717, 1.165) is 16.6 Å². The predicted molar refractivity (Wildman–Crippen MR) is 72.3 cm³/mol. The summed E-state index contributed by atoms with van der Waals surface area (Å²) in [7, 11) is 1.72. The second kappa shape index (κ2) is 5.69. The number of benzene rings is 1. The summed E-state index contributed by atoms with van der Waals surface area (Å²) in [5.74, 6) is 1.38. The van der Waals surface area contributed by atoms with Crippen molar-refractivity contribution in [3.8, 4) is 5.75 Å². The molecule has 0 saturated carbocycles. The van der Waals surface area contributed by atoms with Crippen LogP contribution in [0, 0.1) is 13.8 Å². The maximum atomic E-state index is 5.62. The number of nitrogens with two attached hydrogens (primary N) is 1. The SMILES string of the molecule is COc1c(Br)c(C)cc(C)c1C(C)CCN. The van der Waals surface area contributed by atoms with Gasteiger partial charge in [0.15, 0.2) is 0 Å². The molecule has 3 heteroatoms. The first-order valence-electron chi connectivity index (χ1n) is 5.56. The highest BCUT2D eigenvalue weighted by atomic mass is 79.9. The average molecular weight is 286 g/mol. The molecule has 1 aromatic carbocycles. The maximum Gasteiger partial charge on any atom is 0.137 e. The van der Waals surface area contributed by atoms with Crippen LogP contribution in [0.5, 0.6) is 5.75 Å². The first-order valence-corrected chi connectivity index (χ1v) is 6.35. The standard InChI is InChI=1S/C13H20BrNO/c1-8(5-6-15)11-9(2)7-10(3)12(14)13(11)16-4/h7-8H,5-6,15H2,1-4H3. The number of halogens is 1. The number of hydrogen-bond acceptors (Lipinski definition) is 2. The maximum absolute atomic E-state index is 5.62. The third kappa shape index (κ3) is 2.58. The Kier molecular flexibility index (Phi) is 4.81. The molecule has 0 aliphatic carbocycles. The lowest BCUT2D eigenvalue weighted by molar-refractivity contribution is 0.402. The van der Waals surface area contributed by atoms with Gasteiger partial charge < -0.3 is 10.5 Å². The summed E-state index contributed by atoms with van der Waals surface area (Å²) >= 11 is 3.59. The van der Waals surface area contributed by atoms with Crippen LogP contribution in [0.15, 0.2) is 10.5 Å². The van der Waals surface area contributed by atoms with Crippen molar-refractivity contribution < 1.29 is 4.74 Å². The molecule has 0 spiro atoms. The first-order chi connectivity index (χ1) is 7.52. The van der Waals surface area contributed by atoms with E-state index in [1.165, 1.54) is 16.7 Å². The van der Waals surface area contributed by atoms with E-state index in [-0.39, 0.29) is 0 Å². The van der Waals surface area contributed by atoms with Crippen molar-refractivity contribution in [1.29, 1.82) is 0 Å². The van der Waals surface area contributed by atoms with E-state index >= 15 is 0 Å². The molecule has 1 unspecified atom stereocenters. The molecular formula is C13H20BrNO. The Balaban J connectivity index is 3.30. The van der Waals surface area contributed by atoms with E-state index < -0.39 is 0 Å². The molecule has 0 fully saturated rings. The Bertz CT molecular complexity index is 377. The van der Waals surface area contributed by atoms with E-state index in [9.17, 15) is 0 Å². The molecule has 1 aromatic rings. The van der Waals surface area contributed by atoms with Gasteiger partial charge in [0, 0.05) is 5.56 Å². The van der Waals surface area contributed by atoms with E-state index in [1.807, 2.05) is 0 Å². The molecule has 16 heavy (non-hydrogen) atoms. The van der Waals surface area contributed by atoms with Crippen LogP contribution in [0.25, 0.3) is 0 Å². The summed E-state index contributed by atoms with van der Waals surface area (Å²) in [5.41, 5.74) is 9.38. The summed E-state index contributed by atoms with van der Waals surface area (Å²) in [5, 5.41) is 0. The lowest BCUT2D eigenvalue weighted by atomic mass is 9.91. The van der Waals surface area contributed by atoms with Crippen LogP contribution in [-0.2, 0) is 0 Å². The van der Waals surface area contributed by atoms with Gasteiger partial charge >= 0.3 is 0 Å². The molecule has 1 rings (SSSR count). The highest BCUT2D eigenvalue weighted by Crippen LogP contribution is 2.39. The second-order valence-corrected chi connectivity index (χ2v) is 5.04. The Labute approximate surface area is 106 Å². The smallest absolute Gasteiger partial charge is 0.137 e. The van der Waals surface area contributed by atoms with Crippen LogP contribution in [0.4, 0.5) is 0 Å². The molecule has 1 atom stereocenters. The molecule has 0 amide bonds. The third-order valence-electron chi connectivity index (χ3n) is 2.94. The minimum atomic E-state index is 0.428. The van der Waals surface area contributed by atoms with Crippen molar-refractivity contribution in [3.05, 3.63) is 27.2 Å². The Hall–Kier alpha value is -0.540. The van der Waals surface area contributed by atoms with Crippen molar-refractivity contribution in [1.82, 2.24) is 0 Å². The Morgan fingerprint density at radius 1 is 1.38 bits per heavy atom. The van der Waals surface area contributed by atoms with E-state index in [0.29, 0.717) is 12.5 Å². The highest BCUT2D eigenvalue weighted by molar-refractivity contribution is 9.10. The molecule has 0 saturated heterocycles. The van der Waals surface area contributed by atoms with Gasteiger partial charge in [0.1, 0.15) is 5.75 Å². The topological polar surface area (TPSA) is 35.2 Å². The minimum absolute atomic E-state index is 0.428. The molecule has 0 aliphatic heterocycles. The molecule has 90 valence electrons. The molecule has 2 N–H and O–H groups in total. The van der Waals surface area contributed by atoms with Gasteiger partial charge in [0.25, 0.3) is 0 Å². The fraction of sp³-hybridized carbons (Fsp3) is 0.538. The largest absolute Gasteiger partial charge is 0.495 e. The number of rotatable bonds is 4. The van der Waals surface area contributed by atoms with Gasteiger partial charge in [-0.15, -0.1) is 0 Å². The van der Waals surface area contributed by atoms with Gasteiger partial charge in [-0.1, -0.05) is 13.0 Å². The van der Waals surface area contributed by atoms with Gasteiger partial charge in [0.2, 0.25) is 0 Å². The van der Waals surface area contributed by atoms with Gasteiger partial charge in [-0.25, -0.2) is 0 Å². The van der Waals surface area contributed by atoms with Crippen LogP contribution < -0.4 is 10.5 Å². The van der Waals surface area contributed by atoms with E-state index in [4.69, 9.17) is 10.5 Å². The van der Waals surface area contributed by atoms with Gasteiger partial charge in [-0.2, -0.15) is 0 Å². The van der Waals surface area contributed by atoms with Crippen LogP contribution in [0.3, 0.4) is 0 Å². The van der Waals surface area contributed by atoms with Crippen LogP contribution in [0.1, 0.15) is 36.0 Å². The Morgan fingerprint density at radius 3 is 2.50 bits per heavy atom.